The molecule has 0 spiro atoms. The quantitative estimate of drug-likeness (QED) is 0.321. The van der Waals surface area contributed by atoms with E-state index in [0.717, 1.165) is 18.9 Å². The van der Waals surface area contributed by atoms with Gasteiger partial charge in [-0.05, 0) is 7.92 Å². The second kappa shape index (κ2) is 6.75. The molecular formula is C10H20IN4O2P. The van der Waals surface area contributed by atoms with Gasteiger partial charge < -0.3 is 19.6 Å². The van der Waals surface area contributed by atoms with E-state index >= 15 is 0 Å². The number of hydrogen-bond donors (Lipinski definition) is 0. The molecule has 0 aromatic rings. The number of halogens is 1. The van der Waals surface area contributed by atoms with Crippen molar-refractivity contribution in [2.24, 2.45) is 0 Å². The summed E-state index contributed by atoms with van der Waals surface area (Å²) < 4.78 is 0.678. The van der Waals surface area contributed by atoms with Gasteiger partial charge in [0.1, 0.15) is 0 Å². The summed E-state index contributed by atoms with van der Waals surface area (Å²) in [6.07, 6.45) is 2.27. The van der Waals surface area contributed by atoms with Crippen LogP contribution in [-0.4, -0.2) is 83.3 Å². The molecule has 8 heteroatoms. The monoisotopic (exact) mass is 386 g/mol. The summed E-state index contributed by atoms with van der Waals surface area (Å²) in [7, 11) is 6.87. The molecule has 4 amide bonds. The molecule has 0 aliphatic carbocycles. The van der Waals surface area contributed by atoms with Gasteiger partial charge >= 0.3 is 12.1 Å². The van der Waals surface area contributed by atoms with Gasteiger partial charge in [0.25, 0.3) is 0 Å². The second-order valence-electron chi connectivity index (χ2n) is 4.57. The summed E-state index contributed by atoms with van der Waals surface area (Å²) in [4.78, 5) is 30.4. The minimum Gasteiger partial charge on any atom is -0.323 e. The molecule has 1 fully saturated rings. The molecule has 104 valence electrons. The van der Waals surface area contributed by atoms with Crippen LogP contribution < -0.4 is 0 Å². The van der Waals surface area contributed by atoms with Crippen molar-refractivity contribution in [3.05, 3.63) is 0 Å². The fraction of sp³-hybridized carbons (Fsp3) is 0.800. The number of carbonyl (C=O) groups excluding carboxylic acids is 2. The van der Waals surface area contributed by atoms with E-state index in [2.05, 4.69) is 22.6 Å². The molecule has 0 bridgehead atoms. The Hall–Kier alpha value is -0.300. The number of nitrogens with zero attached hydrogens (tertiary/aromatic N) is 4. The van der Waals surface area contributed by atoms with E-state index in [9.17, 15) is 9.59 Å². The van der Waals surface area contributed by atoms with Crippen LogP contribution in [0.5, 0.6) is 0 Å². The van der Waals surface area contributed by atoms with Crippen LogP contribution >= 0.6 is 30.5 Å². The molecule has 1 rings (SSSR count). The molecule has 1 aliphatic rings. The Kier molecular flexibility index (Phi) is 5.91. The van der Waals surface area contributed by atoms with Crippen molar-refractivity contribution in [2.75, 3.05) is 51.6 Å². The van der Waals surface area contributed by atoms with Crippen LogP contribution in [0.3, 0.4) is 0 Å². The Balaban J connectivity index is 2.52. The van der Waals surface area contributed by atoms with E-state index < -0.39 is 0 Å². The molecule has 0 atom stereocenters. The fourth-order valence-electron chi connectivity index (χ4n) is 1.85. The smallest absolute Gasteiger partial charge is 0.320 e. The van der Waals surface area contributed by atoms with Crippen molar-refractivity contribution in [1.82, 2.24) is 19.6 Å². The van der Waals surface area contributed by atoms with Crippen LogP contribution in [0.1, 0.15) is 0 Å². The summed E-state index contributed by atoms with van der Waals surface area (Å²) in [6, 6.07) is 0.0983. The van der Waals surface area contributed by atoms with Crippen molar-refractivity contribution in [3.8, 4) is 0 Å². The Morgan fingerprint density at radius 3 is 2.22 bits per heavy atom. The van der Waals surface area contributed by atoms with Gasteiger partial charge in [0.15, 0.2) is 0 Å². The lowest BCUT2D eigenvalue weighted by Crippen LogP contribution is -2.46. The van der Waals surface area contributed by atoms with Crippen LogP contribution in [0, 0.1) is 0 Å². The van der Waals surface area contributed by atoms with E-state index in [-0.39, 0.29) is 20.0 Å². The lowest BCUT2D eigenvalue weighted by molar-refractivity contribution is 0.179. The maximum atomic E-state index is 11.9. The first-order chi connectivity index (χ1) is 8.36. The zero-order valence-corrected chi connectivity index (χ0v) is 14.3. The van der Waals surface area contributed by atoms with Gasteiger partial charge in [-0.25, -0.2) is 9.59 Å². The minimum absolute atomic E-state index is 0.0362. The van der Waals surface area contributed by atoms with E-state index in [4.69, 9.17) is 0 Å². The molecule has 1 heterocycles. The van der Waals surface area contributed by atoms with Gasteiger partial charge in [-0.3, -0.25) is 0 Å². The van der Waals surface area contributed by atoms with Crippen molar-refractivity contribution < 1.29 is 9.59 Å². The number of urea groups is 2. The maximum absolute atomic E-state index is 11.9. The third-order valence-corrected chi connectivity index (χ3v) is 6.22. The highest BCUT2D eigenvalue weighted by Crippen LogP contribution is 2.40. The molecule has 0 saturated carbocycles. The van der Waals surface area contributed by atoms with Crippen molar-refractivity contribution in [3.63, 3.8) is 0 Å². The molecule has 18 heavy (non-hydrogen) atoms. The predicted molar refractivity (Wildman–Crippen MR) is 82.3 cm³/mol. The van der Waals surface area contributed by atoms with Gasteiger partial charge in [0.05, 0.1) is 4.55 Å². The van der Waals surface area contributed by atoms with E-state index in [0.29, 0.717) is 4.55 Å². The molecule has 0 radical (unpaired) electrons. The predicted octanol–water partition coefficient (Wildman–Crippen LogP) is 1.71. The normalized spacial score (nSPS) is 17.1. The first kappa shape index (κ1) is 15.8. The highest BCUT2D eigenvalue weighted by molar-refractivity contribution is 14.1. The van der Waals surface area contributed by atoms with E-state index in [1.807, 2.05) is 21.1 Å². The maximum Gasteiger partial charge on any atom is 0.320 e. The summed E-state index contributed by atoms with van der Waals surface area (Å²) in [5.74, 6) is 0. The topological polar surface area (TPSA) is 47.1 Å². The van der Waals surface area contributed by atoms with Crippen LogP contribution in [0.25, 0.3) is 0 Å². The van der Waals surface area contributed by atoms with Crippen LogP contribution in [0.15, 0.2) is 0 Å². The van der Waals surface area contributed by atoms with Crippen LogP contribution in [0.4, 0.5) is 9.59 Å². The summed E-state index contributed by atoms with van der Waals surface area (Å²) >= 11 is 2.16. The molecule has 0 N–H and O–H groups in total. The average molecular weight is 386 g/mol. The lowest BCUT2D eigenvalue weighted by atomic mass is 10.7. The second-order valence-corrected chi connectivity index (χ2v) is 7.44. The largest absolute Gasteiger partial charge is 0.323 e. The van der Waals surface area contributed by atoms with Crippen LogP contribution in [-0.2, 0) is 0 Å². The average Bonchev–Trinajstić information content (AvgIpc) is 2.33. The van der Waals surface area contributed by atoms with Gasteiger partial charge in [-0.1, -0.05) is 22.6 Å². The van der Waals surface area contributed by atoms with Gasteiger partial charge in [0, 0.05) is 47.0 Å². The number of rotatable bonds is 3. The number of carbonyl (C=O) groups is 2. The molecule has 1 saturated heterocycles. The third-order valence-electron chi connectivity index (χ3n) is 2.72. The summed E-state index contributed by atoms with van der Waals surface area (Å²) in [6.45, 7) is 0. The Bertz CT molecular complexity index is 317. The van der Waals surface area contributed by atoms with E-state index in [1.165, 1.54) is 0 Å². The van der Waals surface area contributed by atoms with Crippen LogP contribution in [0.2, 0.25) is 0 Å². The number of hydrogen-bond acceptors (Lipinski definition) is 2. The molecule has 0 aromatic carbocycles. The minimum atomic E-state index is -0.372. The summed E-state index contributed by atoms with van der Waals surface area (Å²) in [5.41, 5.74) is 0. The Labute approximate surface area is 123 Å². The van der Waals surface area contributed by atoms with Gasteiger partial charge in [-0.15, -0.1) is 0 Å². The third kappa shape index (κ3) is 3.85. The molecular weight excluding hydrogens is 366 g/mol. The standard InChI is InChI=1S/C10H20IN4O2P/c1-12(5-11)9(16)13(2)6-18-7-14(3)10(17)15(4)8-18/h5-8H2,1-4H3. The number of amides is 4. The fourth-order valence-corrected chi connectivity index (χ4v) is 4.57. The number of alkyl halides is 1. The van der Waals surface area contributed by atoms with Crippen molar-refractivity contribution >= 4 is 42.6 Å². The Morgan fingerprint density at radius 1 is 1.28 bits per heavy atom. The van der Waals surface area contributed by atoms with Crippen molar-refractivity contribution in [1.29, 1.82) is 0 Å². The highest BCUT2D eigenvalue weighted by Gasteiger charge is 2.28. The highest BCUT2D eigenvalue weighted by atomic mass is 127. The lowest BCUT2D eigenvalue weighted by Gasteiger charge is -2.38. The SMILES string of the molecule is CN(CI)C(=O)N(C)CP1CN(C)C(=O)N(C)C1. The van der Waals surface area contributed by atoms with Crippen molar-refractivity contribution in [2.45, 2.75) is 0 Å². The first-order valence-corrected chi connectivity index (χ1v) is 9.00. The van der Waals surface area contributed by atoms with E-state index in [1.54, 1.807) is 26.6 Å². The molecule has 0 aromatic heterocycles. The first-order valence-electron chi connectivity index (χ1n) is 5.57. The van der Waals surface area contributed by atoms with Gasteiger partial charge in [0.2, 0.25) is 0 Å². The zero-order valence-electron chi connectivity index (χ0n) is 11.3. The van der Waals surface area contributed by atoms with Gasteiger partial charge in [-0.2, -0.15) is 0 Å². The molecule has 1 aliphatic heterocycles. The Morgan fingerprint density at radius 2 is 1.78 bits per heavy atom. The zero-order chi connectivity index (χ0) is 13.9. The molecule has 0 unspecified atom stereocenters. The molecule has 6 nitrogen and oxygen atoms in total. The summed E-state index contributed by atoms with van der Waals surface area (Å²) in [5, 5.41) is 0.